The highest BCUT2D eigenvalue weighted by atomic mass is 35.5. The number of methoxy groups -OCH3 is 2. The van der Waals surface area contributed by atoms with Gasteiger partial charge >= 0.3 is 0 Å². The molecule has 2 N–H and O–H groups in total. The second-order valence-electron chi connectivity index (χ2n) is 7.45. The van der Waals surface area contributed by atoms with Gasteiger partial charge in [-0.1, -0.05) is 23.7 Å². The van der Waals surface area contributed by atoms with Crippen molar-refractivity contribution in [1.29, 1.82) is 0 Å². The number of hydrogen-bond acceptors (Lipinski definition) is 5. The zero-order valence-electron chi connectivity index (χ0n) is 17.5. The molecule has 0 unspecified atom stereocenters. The van der Waals surface area contributed by atoms with Gasteiger partial charge in [-0.05, 0) is 48.7 Å². The molecule has 2 heterocycles. The molecule has 0 atom stereocenters. The standard InChI is InChI=1S/C23H25ClN4O3/c1-30-20-8-5-16(13-21(20)31-2)23(29)25-18-9-11-28(12-10-18)22-14-19(26-27-22)15-3-6-17(24)7-4-15/h3-8,13-14,18H,9-12H2,1-2H3,(H,25,29)(H,26,27). The lowest BCUT2D eigenvalue weighted by Gasteiger charge is -2.32. The third kappa shape index (κ3) is 4.77. The third-order valence-electron chi connectivity index (χ3n) is 5.52. The van der Waals surface area contributed by atoms with Gasteiger partial charge in [0.25, 0.3) is 5.91 Å². The fourth-order valence-corrected chi connectivity index (χ4v) is 3.88. The van der Waals surface area contributed by atoms with Crippen LogP contribution in [0.4, 0.5) is 5.82 Å². The summed E-state index contributed by atoms with van der Waals surface area (Å²) in [5.41, 5.74) is 2.55. The van der Waals surface area contributed by atoms with Crippen LogP contribution in [0.2, 0.25) is 5.02 Å². The molecular weight excluding hydrogens is 416 g/mol. The van der Waals surface area contributed by atoms with E-state index in [-0.39, 0.29) is 11.9 Å². The largest absolute Gasteiger partial charge is 0.493 e. The minimum Gasteiger partial charge on any atom is -0.493 e. The molecule has 2 aromatic carbocycles. The molecule has 1 aliphatic heterocycles. The van der Waals surface area contributed by atoms with E-state index in [9.17, 15) is 4.79 Å². The maximum Gasteiger partial charge on any atom is 0.251 e. The monoisotopic (exact) mass is 440 g/mol. The molecule has 1 saturated heterocycles. The van der Waals surface area contributed by atoms with Crippen molar-refractivity contribution in [2.24, 2.45) is 0 Å². The lowest BCUT2D eigenvalue weighted by molar-refractivity contribution is 0.0930. The number of aromatic nitrogens is 2. The van der Waals surface area contributed by atoms with Crippen molar-refractivity contribution in [1.82, 2.24) is 15.5 Å². The number of benzene rings is 2. The molecule has 0 bridgehead atoms. The molecule has 1 amide bonds. The van der Waals surface area contributed by atoms with Crippen LogP contribution in [0, 0.1) is 0 Å². The van der Waals surface area contributed by atoms with Crippen molar-refractivity contribution in [2.45, 2.75) is 18.9 Å². The average molecular weight is 441 g/mol. The molecule has 7 nitrogen and oxygen atoms in total. The van der Waals surface area contributed by atoms with E-state index in [1.807, 2.05) is 30.3 Å². The lowest BCUT2D eigenvalue weighted by atomic mass is 10.0. The first kappa shape index (κ1) is 21.1. The molecule has 1 aliphatic rings. The first-order valence-electron chi connectivity index (χ1n) is 10.2. The second kappa shape index (κ2) is 9.31. The van der Waals surface area contributed by atoms with E-state index >= 15 is 0 Å². The number of hydrogen-bond donors (Lipinski definition) is 2. The Morgan fingerprint density at radius 3 is 2.45 bits per heavy atom. The normalized spacial score (nSPS) is 14.4. The summed E-state index contributed by atoms with van der Waals surface area (Å²) in [6.07, 6.45) is 1.70. The van der Waals surface area contributed by atoms with E-state index in [0.717, 1.165) is 43.0 Å². The van der Waals surface area contributed by atoms with Crippen molar-refractivity contribution < 1.29 is 14.3 Å². The summed E-state index contributed by atoms with van der Waals surface area (Å²) in [5, 5.41) is 11.4. The highest BCUT2D eigenvalue weighted by Gasteiger charge is 2.23. The van der Waals surface area contributed by atoms with Gasteiger partial charge in [0, 0.05) is 35.8 Å². The smallest absolute Gasteiger partial charge is 0.251 e. The molecule has 1 aromatic heterocycles. The molecule has 0 radical (unpaired) electrons. The van der Waals surface area contributed by atoms with Crippen LogP contribution in [0.5, 0.6) is 11.5 Å². The zero-order chi connectivity index (χ0) is 21.8. The summed E-state index contributed by atoms with van der Waals surface area (Å²) in [5.74, 6) is 1.95. The number of H-pyrrole nitrogens is 1. The number of aromatic amines is 1. The minimum absolute atomic E-state index is 0.107. The van der Waals surface area contributed by atoms with Crippen LogP contribution in [0.1, 0.15) is 23.2 Å². The maximum absolute atomic E-state index is 12.7. The van der Waals surface area contributed by atoms with Crippen LogP contribution >= 0.6 is 11.6 Å². The number of ether oxygens (including phenoxy) is 2. The quantitative estimate of drug-likeness (QED) is 0.602. The number of carbonyl (C=O) groups is 1. The number of anilines is 1. The molecule has 162 valence electrons. The molecule has 1 fully saturated rings. The number of carbonyl (C=O) groups excluding carboxylic acids is 1. The van der Waals surface area contributed by atoms with Gasteiger partial charge in [-0.25, -0.2) is 0 Å². The number of halogens is 1. The molecule has 31 heavy (non-hydrogen) atoms. The SMILES string of the molecule is COc1ccc(C(=O)NC2CCN(c3cc(-c4ccc(Cl)cc4)[nH]n3)CC2)cc1OC. The van der Waals surface area contributed by atoms with Crippen LogP contribution in [-0.4, -0.2) is 49.5 Å². The van der Waals surface area contributed by atoms with Gasteiger partial charge in [-0.2, -0.15) is 5.10 Å². The summed E-state index contributed by atoms with van der Waals surface area (Å²) >= 11 is 5.97. The van der Waals surface area contributed by atoms with E-state index in [1.165, 1.54) is 0 Å². The fraction of sp³-hybridized carbons (Fsp3) is 0.304. The maximum atomic E-state index is 12.7. The van der Waals surface area contributed by atoms with Crippen molar-refractivity contribution >= 4 is 23.3 Å². The summed E-state index contributed by atoms with van der Waals surface area (Å²) in [4.78, 5) is 14.9. The van der Waals surface area contributed by atoms with Crippen molar-refractivity contribution in [3.8, 4) is 22.8 Å². The van der Waals surface area contributed by atoms with Gasteiger partial charge in [0.15, 0.2) is 17.3 Å². The zero-order valence-corrected chi connectivity index (χ0v) is 18.3. The minimum atomic E-state index is -0.107. The Bertz CT molecular complexity index is 1040. The Labute approximate surface area is 186 Å². The number of piperidine rings is 1. The Hall–Kier alpha value is -3.19. The lowest BCUT2D eigenvalue weighted by Crippen LogP contribution is -2.44. The van der Waals surface area contributed by atoms with Crippen LogP contribution < -0.4 is 19.7 Å². The topological polar surface area (TPSA) is 79.5 Å². The molecule has 0 spiro atoms. The van der Waals surface area contributed by atoms with Gasteiger partial charge in [0.2, 0.25) is 0 Å². The molecule has 4 rings (SSSR count). The predicted octanol–water partition coefficient (Wildman–Crippen LogP) is 4.15. The summed E-state index contributed by atoms with van der Waals surface area (Å²) < 4.78 is 10.5. The summed E-state index contributed by atoms with van der Waals surface area (Å²) in [6.45, 7) is 1.64. The summed E-state index contributed by atoms with van der Waals surface area (Å²) in [7, 11) is 3.13. The van der Waals surface area contributed by atoms with Crippen LogP contribution in [0.25, 0.3) is 11.3 Å². The van der Waals surface area contributed by atoms with Crippen molar-refractivity contribution in [3.63, 3.8) is 0 Å². The van der Waals surface area contributed by atoms with E-state index in [0.29, 0.717) is 22.1 Å². The van der Waals surface area contributed by atoms with Gasteiger partial charge in [0.05, 0.1) is 19.9 Å². The number of amides is 1. The van der Waals surface area contributed by atoms with E-state index in [4.69, 9.17) is 21.1 Å². The molecular formula is C23H25ClN4O3. The third-order valence-corrected chi connectivity index (χ3v) is 5.77. The number of nitrogens with one attached hydrogen (secondary N) is 2. The second-order valence-corrected chi connectivity index (χ2v) is 7.89. The van der Waals surface area contributed by atoms with E-state index in [1.54, 1.807) is 32.4 Å². The highest BCUT2D eigenvalue weighted by Crippen LogP contribution is 2.28. The highest BCUT2D eigenvalue weighted by molar-refractivity contribution is 6.30. The van der Waals surface area contributed by atoms with E-state index < -0.39 is 0 Å². The number of rotatable bonds is 6. The molecule has 0 aliphatic carbocycles. The van der Waals surface area contributed by atoms with Gasteiger partial charge in [-0.15, -0.1) is 0 Å². The Kier molecular flexibility index (Phi) is 6.32. The first-order valence-corrected chi connectivity index (χ1v) is 10.5. The predicted molar refractivity (Wildman–Crippen MR) is 121 cm³/mol. The fourth-order valence-electron chi connectivity index (χ4n) is 3.75. The summed E-state index contributed by atoms with van der Waals surface area (Å²) in [6, 6.07) is 15.0. The van der Waals surface area contributed by atoms with E-state index in [2.05, 4.69) is 20.4 Å². The Morgan fingerprint density at radius 2 is 1.77 bits per heavy atom. The molecule has 3 aromatic rings. The average Bonchev–Trinajstić information content (AvgIpc) is 3.29. The van der Waals surface area contributed by atoms with Gasteiger partial charge < -0.3 is 19.7 Å². The first-order chi connectivity index (χ1) is 15.1. The Morgan fingerprint density at radius 1 is 1.06 bits per heavy atom. The van der Waals surface area contributed by atoms with Crippen LogP contribution in [0.3, 0.4) is 0 Å². The van der Waals surface area contributed by atoms with Gasteiger partial charge in [0.1, 0.15) is 0 Å². The molecule has 8 heteroatoms. The van der Waals surface area contributed by atoms with Crippen LogP contribution in [-0.2, 0) is 0 Å². The van der Waals surface area contributed by atoms with Crippen molar-refractivity contribution in [3.05, 3.63) is 59.1 Å². The Balaban J connectivity index is 1.34. The number of nitrogens with zero attached hydrogens (tertiary/aromatic N) is 2. The van der Waals surface area contributed by atoms with Gasteiger partial charge in [-0.3, -0.25) is 9.89 Å². The molecule has 0 saturated carbocycles. The van der Waals surface area contributed by atoms with Crippen molar-refractivity contribution in [2.75, 3.05) is 32.2 Å². The van der Waals surface area contributed by atoms with Crippen LogP contribution in [0.15, 0.2) is 48.5 Å².